The van der Waals surface area contributed by atoms with Gasteiger partial charge in [-0.1, -0.05) is 0 Å². The van der Waals surface area contributed by atoms with E-state index in [1.807, 2.05) is 32.9 Å². The lowest BCUT2D eigenvalue weighted by atomic mass is 10.2. The summed E-state index contributed by atoms with van der Waals surface area (Å²) in [6.07, 6.45) is 0. The second-order valence-corrected chi connectivity index (χ2v) is 5.86. The average Bonchev–Trinajstić information content (AvgIpc) is 3.07. The van der Waals surface area contributed by atoms with E-state index in [1.54, 1.807) is 12.1 Å². The normalized spacial score (nSPS) is 12.6. The molecule has 0 aliphatic rings. The Bertz CT molecular complexity index is 730. The number of benzene rings is 1. The van der Waals surface area contributed by atoms with E-state index in [1.165, 1.54) is 14.2 Å². The summed E-state index contributed by atoms with van der Waals surface area (Å²) in [5.41, 5.74) is 0.857. The Balaban J connectivity index is 2.16. The lowest BCUT2D eigenvalue weighted by Crippen LogP contribution is -2.38. The maximum Gasteiger partial charge on any atom is 0.200 e. The second kappa shape index (κ2) is 9.03. The van der Waals surface area contributed by atoms with Gasteiger partial charge in [-0.25, -0.2) is 4.99 Å². The van der Waals surface area contributed by atoms with Crippen molar-refractivity contribution in [3.8, 4) is 17.2 Å². The van der Waals surface area contributed by atoms with Gasteiger partial charge in [-0.3, -0.25) is 0 Å². The van der Waals surface area contributed by atoms with E-state index in [0.29, 0.717) is 24.0 Å². The van der Waals surface area contributed by atoms with Crippen molar-refractivity contribution in [1.82, 2.24) is 10.6 Å². The Morgan fingerprint density at radius 3 is 2.38 bits per heavy atom. The highest BCUT2D eigenvalue weighted by Gasteiger charge is 2.13. The molecule has 2 rings (SSSR count). The number of phenolic OH excluding ortho intramolecular Hbond substituents is 1. The Morgan fingerprint density at radius 1 is 1.23 bits per heavy atom. The quantitative estimate of drug-likeness (QED) is 0.519. The van der Waals surface area contributed by atoms with Crippen LogP contribution in [-0.2, 0) is 6.54 Å². The van der Waals surface area contributed by atoms with Gasteiger partial charge in [0.15, 0.2) is 17.5 Å². The second-order valence-electron chi connectivity index (χ2n) is 5.86. The first-order valence-electron chi connectivity index (χ1n) is 8.53. The average molecular weight is 361 g/mol. The highest BCUT2D eigenvalue weighted by Crippen LogP contribution is 2.37. The first kappa shape index (κ1) is 19.5. The Morgan fingerprint density at radius 2 is 1.88 bits per heavy atom. The molecular weight excluding hydrogens is 334 g/mol. The fourth-order valence-corrected chi connectivity index (χ4v) is 2.49. The van der Waals surface area contributed by atoms with Crippen LogP contribution in [0.5, 0.6) is 17.2 Å². The number of hydrogen-bond donors (Lipinski definition) is 3. The minimum Gasteiger partial charge on any atom is -0.502 e. The summed E-state index contributed by atoms with van der Waals surface area (Å²) >= 11 is 0. The molecule has 1 aromatic carbocycles. The highest BCUT2D eigenvalue weighted by molar-refractivity contribution is 5.80. The Hall–Kier alpha value is -2.83. The van der Waals surface area contributed by atoms with Crippen molar-refractivity contribution < 1.29 is 19.0 Å². The molecule has 0 saturated heterocycles. The van der Waals surface area contributed by atoms with Crippen LogP contribution in [0.2, 0.25) is 0 Å². The number of hydrogen-bond acceptors (Lipinski definition) is 5. The summed E-state index contributed by atoms with van der Waals surface area (Å²) in [6, 6.07) is 7.35. The zero-order chi connectivity index (χ0) is 19.1. The van der Waals surface area contributed by atoms with Crippen molar-refractivity contribution in [1.29, 1.82) is 0 Å². The Labute approximate surface area is 154 Å². The molecular formula is C19H27N3O4. The molecule has 0 spiro atoms. The van der Waals surface area contributed by atoms with Crippen LogP contribution in [0, 0.1) is 6.92 Å². The van der Waals surface area contributed by atoms with Crippen LogP contribution in [0.25, 0.3) is 0 Å². The molecule has 0 fully saturated rings. The fraction of sp³-hybridized carbons (Fsp3) is 0.421. The predicted octanol–water partition coefficient (Wildman–Crippen LogP) is 3.13. The summed E-state index contributed by atoms with van der Waals surface area (Å²) in [5, 5.41) is 16.5. The molecule has 1 aromatic heterocycles. The van der Waals surface area contributed by atoms with Gasteiger partial charge in [-0.05, 0) is 50.6 Å². The van der Waals surface area contributed by atoms with E-state index in [9.17, 15) is 5.11 Å². The standard InChI is InChI=1S/C19H27N3O4/c1-6-20-19(22-13(3)15-8-7-12(2)26-15)21-11-14-9-16(24-4)18(23)17(10-14)25-5/h7-10,13,23H,6,11H2,1-5H3,(H2,20,21,22). The van der Waals surface area contributed by atoms with Crippen LogP contribution in [0.3, 0.4) is 0 Å². The molecule has 0 aliphatic carbocycles. The van der Waals surface area contributed by atoms with Crippen molar-refractivity contribution in [3.05, 3.63) is 41.3 Å². The summed E-state index contributed by atoms with van der Waals surface area (Å²) in [5.74, 6) is 3.08. The van der Waals surface area contributed by atoms with Crippen molar-refractivity contribution in [2.24, 2.45) is 4.99 Å². The summed E-state index contributed by atoms with van der Waals surface area (Å²) < 4.78 is 16.0. The molecule has 1 heterocycles. The van der Waals surface area contributed by atoms with E-state index in [2.05, 4.69) is 15.6 Å². The molecule has 7 nitrogen and oxygen atoms in total. The molecule has 3 N–H and O–H groups in total. The number of nitrogens with zero attached hydrogens (tertiary/aromatic N) is 1. The van der Waals surface area contributed by atoms with Crippen molar-refractivity contribution >= 4 is 5.96 Å². The number of guanidine groups is 1. The van der Waals surface area contributed by atoms with Gasteiger partial charge in [0.05, 0.1) is 26.8 Å². The summed E-state index contributed by atoms with van der Waals surface area (Å²) in [7, 11) is 3.00. The zero-order valence-electron chi connectivity index (χ0n) is 15.9. The van der Waals surface area contributed by atoms with Crippen LogP contribution in [0.15, 0.2) is 33.7 Å². The third-order valence-corrected chi connectivity index (χ3v) is 3.84. The SMILES string of the molecule is CCNC(=NCc1cc(OC)c(O)c(OC)c1)NC(C)c1ccc(C)o1. The molecule has 7 heteroatoms. The largest absolute Gasteiger partial charge is 0.502 e. The number of nitrogens with one attached hydrogen (secondary N) is 2. The van der Waals surface area contributed by atoms with Gasteiger partial charge in [0.2, 0.25) is 5.75 Å². The smallest absolute Gasteiger partial charge is 0.200 e. The van der Waals surface area contributed by atoms with Gasteiger partial charge in [0.25, 0.3) is 0 Å². The molecule has 1 unspecified atom stereocenters. The van der Waals surface area contributed by atoms with E-state index >= 15 is 0 Å². The maximum absolute atomic E-state index is 10.0. The third kappa shape index (κ3) is 4.84. The molecule has 2 aromatic rings. The Kier molecular flexibility index (Phi) is 6.77. The number of rotatable bonds is 7. The van der Waals surface area contributed by atoms with Crippen LogP contribution < -0.4 is 20.1 Å². The fourth-order valence-electron chi connectivity index (χ4n) is 2.49. The van der Waals surface area contributed by atoms with Crippen molar-refractivity contribution in [2.75, 3.05) is 20.8 Å². The van der Waals surface area contributed by atoms with E-state index < -0.39 is 0 Å². The first-order chi connectivity index (χ1) is 12.5. The third-order valence-electron chi connectivity index (χ3n) is 3.84. The van der Waals surface area contributed by atoms with Crippen LogP contribution >= 0.6 is 0 Å². The topological polar surface area (TPSA) is 88.3 Å². The van der Waals surface area contributed by atoms with Gasteiger partial charge < -0.3 is 29.6 Å². The molecule has 0 saturated carbocycles. The van der Waals surface area contributed by atoms with Crippen LogP contribution in [0.4, 0.5) is 0 Å². The summed E-state index contributed by atoms with van der Waals surface area (Å²) in [6.45, 7) is 7.06. The minimum absolute atomic E-state index is 0.0189. The lowest BCUT2D eigenvalue weighted by molar-refractivity contribution is 0.339. The number of furan rings is 1. The van der Waals surface area contributed by atoms with Gasteiger partial charge in [-0.2, -0.15) is 0 Å². The monoisotopic (exact) mass is 361 g/mol. The number of aliphatic imine (C=N–C) groups is 1. The van der Waals surface area contributed by atoms with Crippen molar-refractivity contribution in [3.63, 3.8) is 0 Å². The number of phenols is 1. The van der Waals surface area contributed by atoms with Crippen LogP contribution in [0.1, 0.15) is 37.0 Å². The van der Waals surface area contributed by atoms with Gasteiger partial charge in [0, 0.05) is 6.54 Å². The van der Waals surface area contributed by atoms with Gasteiger partial charge >= 0.3 is 0 Å². The van der Waals surface area contributed by atoms with Crippen molar-refractivity contribution in [2.45, 2.75) is 33.4 Å². The highest BCUT2D eigenvalue weighted by atomic mass is 16.5. The zero-order valence-corrected chi connectivity index (χ0v) is 15.9. The number of aromatic hydroxyl groups is 1. The molecule has 0 radical (unpaired) electrons. The van der Waals surface area contributed by atoms with E-state index in [0.717, 1.165) is 23.6 Å². The number of methoxy groups -OCH3 is 2. The maximum atomic E-state index is 10.0. The first-order valence-corrected chi connectivity index (χ1v) is 8.53. The molecule has 26 heavy (non-hydrogen) atoms. The molecule has 0 bridgehead atoms. The summed E-state index contributed by atoms with van der Waals surface area (Å²) in [4.78, 5) is 4.60. The number of aryl methyl sites for hydroxylation is 1. The molecule has 1 atom stereocenters. The lowest BCUT2D eigenvalue weighted by Gasteiger charge is -2.16. The van der Waals surface area contributed by atoms with E-state index in [-0.39, 0.29) is 11.8 Å². The van der Waals surface area contributed by atoms with Gasteiger partial charge in [-0.15, -0.1) is 0 Å². The minimum atomic E-state index is -0.0228. The molecule has 142 valence electrons. The predicted molar refractivity (Wildman–Crippen MR) is 101 cm³/mol. The molecule has 0 aliphatic heterocycles. The van der Waals surface area contributed by atoms with E-state index in [4.69, 9.17) is 13.9 Å². The molecule has 0 amide bonds. The number of ether oxygens (including phenoxy) is 2. The van der Waals surface area contributed by atoms with Crippen LogP contribution in [-0.4, -0.2) is 31.8 Å². The van der Waals surface area contributed by atoms with Gasteiger partial charge in [0.1, 0.15) is 11.5 Å².